The van der Waals surface area contributed by atoms with Crippen LogP contribution in [-0.4, -0.2) is 19.3 Å². The Morgan fingerprint density at radius 1 is 1.35 bits per heavy atom. The molecule has 0 aliphatic heterocycles. The normalized spacial score (nSPS) is 13.5. The van der Waals surface area contributed by atoms with E-state index >= 15 is 0 Å². The van der Waals surface area contributed by atoms with Gasteiger partial charge in [-0.3, -0.25) is 0 Å². The lowest BCUT2D eigenvalue weighted by atomic mass is 9.94. The summed E-state index contributed by atoms with van der Waals surface area (Å²) in [5.41, 5.74) is 2.57. The van der Waals surface area contributed by atoms with Crippen LogP contribution in [0.25, 0.3) is 0 Å². The van der Waals surface area contributed by atoms with Crippen molar-refractivity contribution in [2.45, 2.75) is 58.6 Å². The van der Waals surface area contributed by atoms with Crippen LogP contribution in [0.5, 0.6) is 0 Å². The Balaban J connectivity index is 2.79. The smallest absolute Gasteiger partial charge is 0.0623 e. The molecule has 1 N–H and O–H groups in total. The molecule has 0 radical (unpaired) electrons. The fourth-order valence-electron chi connectivity index (χ4n) is 2.13. The van der Waals surface area contributed by atoms with E-state index < -0.39 is 0 Å². The Morgan fingerprint density at radius 3 is 2.60 bits per heavy atom. The fourth-order valence-corrected chi connectivity index (χ4v) is 2.52. The van der Waals surface area contributed by atoms with Crippen molar-refractivity contribution in [3.8, 4) is 0 Å². The number of benzene rings is 1. The van der Waals surface area contributed by atoms with Crippen LogP contribution in [-0.2, 0) is 4.74 Å². The van der Waals surface area contributed by atoms with E-state index in [0.717, 1.165) is 25.8 Å². The van der Waals surface area contributed by atoms with Crippen molar-refractivity contribution in [2.75, 3.05) is 13.7 Å². The predicted molar refractivity (Wildman–Crippen MR) is 90.2 cm³/mol. The molecule has 20 heavy (non-hydrogen) atoms. The molecule has 1 unspecified atom stereocenters. The molecule has 114 valence electrons. The van der Waals surface area contributed by atoms with Gasteiger partial charge in [-0.2, -0.15) is 0 Å². The van der Waals surface area contributed by atoms with Gasteiger partial charge >= 0.3 is 0 Å². The van der Waals surface area contributed by atoms with Gasteiger partial charge in [0.25, 0.3) is 0 Å². The highest BCUT2D eigenvalue weighted by Crippen LogP contribution is 2.27. The Morgan fingerprint density at radius 2 is 2.05 bits per heavy atom. The zero-order chi connectivity index (χ0) is 15.2. The van der Waals surface area contributed by atoms with E-state index in [2.05, 4.69) is 67.1 Å². The van der Waals surface area contributed by atoms with Crippen molar-refractivity contribution in [3.05, 3.63) is 33.8 Å². The molecule has 0 spiro atoms. The molecule has 1 atom stereocenters. The van der Waals surface area contributed by atoms with Crippen molar-refractivity contribution in [2.24, 2.45) is 0 Å². The van der Waals surface area contributed by atoms with Crippen LogP contribution in [0.2, 0.25) is 0 Å². The van der Waals surface area contributed by atoms with E-state index in [9.17, 15) is 0 Å². The van der Waals surface area contributed by atoms with Gasteiger partial charge in [0, 0.05) is 17.6 Å². The number of aryl methyl sites for hydroxylation is 1. The average molecular weight is 342 g/mol. The zero-order valence-corrected chi connectivity index (χ0v) is 15.0. The fraction of sp³-hybridized carbons (Fsp3) is 0.647. The Labute approximate surface area is 132 Å². The predicted octanol–water partition coefficient (Wildman–Crippen LogP) is 5.00. The van der Waals surface area contributed by atoms with E-state index in [-0.39, 0.29) is 5.60 Å². The van der Waals surface area contributed by atoms with Crippen LogP contribution in [0.1, 0.15) is 57.2 Å². The maximum Gasteiger partial charge on any atom is 0.0623 e. The molecule has 0 saturated heterocycles. The van der Waals surface area contributed by atoms with E-state index in [0.29, 0.717) is 6.04 Å². The Kier molecular flexibility index (Phi) is 7.21. The molecular weight excluding hydrogens is 314 g/mol. The standard InChI is InChI=1S/C17H28BrNO/c1-6-11-19-16(9-10-17(3,4)20-5)14-8-7-13(2)15(18)12-14/h7-8,12,16,19H,6,9-11H2,1-5H3. The van der Waals surface area contributed by atoms with Crippen LogP contribution in [0.15, 0.2) is 22.7 Å². The van der Waals surface area contributed by atoms with Crippen molar-refractivity contribution in [3.63, 3.8) is 0 Å². The van der Waals surface area contributed by atoms with Gasteiger partial charge < -0.3 is 10.1 Å². The summed E-state index contributed by atoms with van der Waals surface area (Å²) in [4.78, 5) is 0. The molecular formula is C17H28BrNO. The summed E-state index contributed by atoms with van der Waals surface area (Å²) < 4.78 is 6.72. The summed E-state index contributed by atoms with van der Waals surface area (Å²) in [7, 11) is 1.79. The van der Waals surface area contributed by atoms with Crippen molar-refractivity contribution in [1.82, 2.24) is 5.32 Å². The summed E-state index contributed by atoms with van der Waals surface area (Å²) in [6, 6.07) is 7.04. The van der Waals surface area contributed by atoms with Gasteiger partial charge in [0.15, 0.2) is 0 Å². The third kappa shape index (κ3) is 5.55. The van der Waals surface area contributed by atoms with Gasteiger partial charge in [-0.15, -0.1) is 0 Å². The number of ether oxygens (including phenoxy) is 1. The first-order valence-electron chi connectivity index (χ1n) is 7.44. The number of hydrogen-bond acceptors (Lipinski definition) is 2. The van der Waals surface area contributed by atoms with Gasteiger partial charge in [-0.05, 0) is 63.8 Å². The number of nitrogens with one attached hydrogen (secondary N) is 1. The Bertz CT molecular complexity index is 417. The molecule has 0 aliphatic carbocycles. The van der Waals surface area contributed by atoms with E-state index in [1.165, 1.54) is 15.6 Å². The van der Waals surface area contributed by atoms with Crippen molar-refractivity contribution < 1.29 is 4.74 Å². The van der Waals surface area contributed by atoms with Crippen molar-refractivity contribution in [1.29, 1.82) is 0 Å². The second kappa shape index (κ2) is 8.16. The molecule has 0 aliphatic rings. The third-order valence-corrected chi connectivity index (χ3v) is 4.68. The van der Waals surface area contributed by atoms with Crippen LogP contribution >= 0.6 is 15.9 Å². The SMILES string of the molecule is CCCNC(CCC(C)(C)OC)c1ccc(C)c(Br)c1. The van der Waals surface area contributed by atoms with Gasteiger partial charge in [0.05, 0.1) is 5.60 Å². The molecule has 0 amide bonds. The maximum atomic E-state index is 5.53. The van der Waals surface area contributed by atoms with E-state index in [4.69, 9.17) is 4.74 Å². The number of hydrogen-bond donors (Lipinski definition) is 1. The molecule has 0 bridgehead atoms. The lowest BCUT2D eigenvalue weighted by molar-refractivity contribution is 0.0117. The van der Waals surface area contributed by atoms with Gasteiger partial charge in [0.2, 0.25) is 0 Å². The summed E-state index contributed by atoms with van der Waals surface area (Å²) >= 11 is 3.63. The number of methoxy groups -OCH3 is 1. The second-order valence-corrected chi connectivity index (χ2v) is 6.87. The maximum absolute atomic E-state index is 5.53. The molecule has 0 saturated carbocycles. The highest BCUT2D eigenvalue weighted by molar-refractivity contribution is 9.10. The first-order valence-corrected chi connectivity index (χ1v) is 8.23. The van der Waals surface area contributed by atoms with Gasteiger partial charge in [0.1, 0.15) is 0 Å². The molecule has 2 nitrogen and oxygen atoms in total. The van der Waals surface area contributed by atoms with Crippen LogP contribution in [0.4, 0.5) is 0 Å². The minimum Gasteiger partial charge on any atom is -0.379 e. The topological polar surface area (TPSA) is 21.3 Å². The largest absolute Gasteiger partial charge is 0.379 e. The summed E-state index contributed by atoms with van der Waals surface area (Å²) in [6.45, 7) is 9.66. The zero-order valence-electron chi connectivity index (χ0n) is 13.4. The second-order valence-electron chi connectivity index (χ2n) is 6.02. The van der Waals surface area contributed by atoms with E-state index in [1.807, 2.05) is 0 Å². The molecule has 1 aromatic rings. The highest BCUT2D eigenvalue weighted by Gasteiger charge is 2.20. The van der Waals surface area contributed by atoms with Gasteiger partial charge in [-0.1, -0.05) is 35.0 Å². The average Bonchev–Trinajstić information content (AvgIpc) is 2.42. The minimum absolute atomic E-state index is 0.0614. The summed E-state index contributed by atoms with van der Waals surface area (Å²) in [5.74, 6) is 0. The number of halogens is 1. The Hall–Kier alpha value is -0.380. The molecule has 1 rings (SSSR count). The quantitative estimate of drug-likeness (QED) is 0.717. The van der Waals surface area contributed by atoms with Crippen molar-refractivity contribution >= 4 is 15.9 Å². The van der Waals surface area contributed by atoms with Crippen LogP contribution in [0.3, 0.4) is 0 Å². The van der Waals surface area contributed by atoms with Gasteiger partial charge in [-0.25, -0.2) is 0 Å². The summed E-state index contributed by atoms with van der Waals surface area (Å²) in [5, 5.41) is 3.65. The lowest BCUT2D eigenvalue weighted by Gasteiger charge is -2.27. The lowest BCUT2D eigenvalue weighted by Crippen LogP contribution is -2.28. The van der Waals surface area contributed by atoms with Crippen LogP contribution < -0.4 is 5.32 Å². The molecule has 0 heterocycles. The minimum atomic E-state index is -0.0614. The first kappa shape index (κ1) is 17.7. The molecule has 0 fully saturated rings. The first-order chi connectivity index (χ1) is 9.39. The molecule has 3 heteroatoms. The molecule has 1 aromatic carbocycles. The van der Waals surface area contributed by atoms with Crippen LogP contribution in [0, 0.1) is 6.92 Å². The highest BCUT2D eigenvalue weighted by atomic mass is 79.9. The summed E-state index contributed by atoms with van der Waals surface area (Å²) in [6.07, 6.45) is 3.27. The molecule has 0 aromatic heterocycles. The number of rotatable bonds is 8. The van der Waals surface area contributed by atoms with E-state index in [1.54, 1.807) is 7.11 Å². The monoisotopic (exact) mass is 341 g/mol. The third-order valence-electron chi connectivity index (χ3n) is 3.83.